The number of hydrogen-bond acceptors (Lipinski definition) is 5. The number of rotatable bonds is 10. The first-order valence-corrected chi connectivity index (χ1v) is 11.7. The van der Waals surface area contributed by atoms with Crippen LogP contribution in [0.1, 0.15) is 5.56 Å². The molecule has 0 heterocycles. The van der Waals surface area contributed by atoms with Crippen molar-refractivity contribution < 1.29 is 17.9 Å². The van der Waals surface area contributed by atoms with Gasteiger partial charge in [-0.05, 0) is 54.1 Å². The number of hydrazone groups is 1. The summed E-state index contributed by atoms with van der Waals surface area (Å²) in [5.41, 5.74) is 3.28. The number of ether oxygens (including phenoxy) is 1. The second-order valence-corrected chi connectivity index (χ2v) is 9.01. The molecule has 0 saturated carbocycles. The van der Waals surface area contributed by atoms with Crippen molar-refractivity contribution in [3.8, 4) is 5.75 Å². The van der Waals surface area contributed by atoms with Gasteiger partial charge >= 0.3 is 0 Å². The Morgan fingerprint density at radius 3 is 2.36 bits per heavy atom. The maximum Gasteiger partial charge on any atom is 0.264 e. The first-order valence-electron chi connectivity index (χ1n) is 9.90. The molecule has 3 aromatic carbocycles. The molecule has 1 amide bonds. The summed E-state index contributed by atoms with van der Waals surface area (Å²) in [6.07, 6.45) is 3.09. The van der Waals surface area contributed by atoms with Gasteiger partial charge in [0.15, 0.2) is 0 Å². The SMILES string of the molecule is C=CCOc1ccc(/C=N\NC(=O)CN(c2ccccc2Cl)S(=O)(=O)c2ccccc2)cc1. The van der Waals surface area contributed by atoms with Gasteiger partial charge in [-0.3, -0.25) is 9.10 Å². The van der Waals surface area contributed by atoms with Gasteiger partial charge < -0.3 is 4.74 Å². The number of nitrogens with one attached hydrogen (secondary N) is 1. The molecule has 0 aliphatic carbocycles. The smallest absolute Gasteiger partial charge is 0.264 e. The third-order valence-electron chi connectivity index (χ3n) is 4.39. The molecule has 0 aromatic heterocycles. The van der Waals surface area contributed by atoms with Gasteiger partial charge in [0.05, 0.1) is 21.8 Å². The lowest BCUT2D eigenvalue weighted by Gasteiger charge is -2.24. The van der Waals surface area contributed by atoms with Gasteiger partial charge in [-0.25, -0.2) is 13.8 Å². The van der Waals surface area contributed by atoms with Crippen LogP contribution in [-0.4, -0.2) is 33.7 Å². The summed E-state index contributed by atoms with van der Waals surface area (Å²) >= 11 is 6.24. The van der Waals surface area contributed by atoms with Crippen molar-refractivity contribution in [1.82, 2.24) is 5.43 Å². The summed E-state index contributed by atoms with van der Waals surface area (Å²) < 4.78 is 32.9. The molecule has 3 aromatic rings. The second kappa shape index (κ2) is 11.3. The van der Waals surface area contributed by atoms with Crippen molar-refractivity contribution in [2.75, 3.05) is 17.5 Å². The molecule has 0 saturated heterocycles. The molecule has 170 valence electrons. The Hall–Kier alpha value is -3.62. The summed E-state index contributed by atoms with van der Waals surface area (Å²) in [7, 11) is -4.05. The van der Waals surface area contributed by atoms with Crippen LogP contribution in [0.5, 0.6) is 5.75 Å². The summed E-state index contributed by atoms with van der Waals surface area (Å²) in [5, 5.41) is 4.12. The molecule has 0 aliphatic heterocycles. The van der Waals surface area contributed by atoms with Gasteiger partial charge in [-0.15, -0.1) is 0 Å². The minimum atomic E-state index is -4.05. The number of halogens is 1. The molecule has 9 heteroatoms. The van der Waals surface area contributed by atoms with E-state index in [1.807, 2.05) is 0 Å². The van der Waals surface area contributed by atoms with Crippen molar-refractivity contribution in [1.29, 1.82) is 0 Å². The Kier molecular flexibility index (Phi) is 8.23. The number of nitrogens with zero attached hydrogens (tertiary/aromatic N) is 2. The van der Waals surface area contributed by atoms with Gasteiger partial charge in [0.1, 0.15) is 18.9 Å². The highest BCUT2D eigenvalue weighted by atomic mass is 35.5. The van der Waals surface area contributed by atoms with E-state index in [-0.39, 0.29) is 15.6 Å². The maximum atomic E-state index is 13.3. The van der Waals surface area contributed by atoms with E-state index in [0.29, 0.717) is 12.4 Å². The molecule has 0 bridgehead atoms. The Balaban J connectivity index is 1.75. The van der Waals surface area contributed by atoms with Gasteiger partial charge in [0.25, 0.3) is 15.9 Å². The highest BCUT2D eigenvalue weighted by molar-refractivity contribution is 7.92. The van der Waals surface area contributed by atoms with Crippen LogP contribution in [0.15, 0.2) is 102 Å². The molecule has 0 aliphatic rings. The lowest BCUT2D eigenvalue weighted by molar-refractivity contribution is -0.119. The van der Waals surface area contributed by atoms with Crippen molar-refractivity contribution >= 4 is 39.4 Å². The van der Waals surface area contributed by atoms with E-state index >= 15 is 0 Å². The zero-order chi connectivity index (χ0) is 23.7. The molecule has 7 nitrogen and oxygen atoms in total. The lowest BCUT2D eigenvalue weighted by Crippen LogP contribution is -2.39. The van der Waals surface area contributed by atoms with Gasteiger partial charge in [-0.1, -0.05) is 54.6 Å². The van der Waals surface area contributed by atoms with Crippen LogP contribution < -0.4 is 14.5 Å². The van der Waals surface area contributed by atoms with Gasteiger partial charge in [-0.2, -0.15) is 5.10 Å². The minimum Gasteiger partial charge on any atom is -0.490 e. The van der Waals surface area contributed by atoms with Crippen molar-refractivity contribution in [2.24, 2.45) is 5.10 Å². The Morgan fingerprint density at radius 2 is 1.70 bits per heavy atom. The van der Waals surface area contributed by atoms with Crippen LogP contribution in [-0.2, 0) is 14.8 Å². The monoisotopic (exact) mass is 483 g/mol. The molecular formula is C24H22ClN3O4S. The molecule has 33 heavy (non-hydrogen) atoms. The number of para-hydroxylation sites is 1. The van der Waals surface area contributed by atoms with Crippen LogP contribution in [0.25, 0.3) is 0 Å². The van der Waals surface area contributed by atoms with Crippen LogP contribution >= 0.6 is 11.6 Å². The van der Waals surface area contributed by atoms with E-state index in [4.69, 9.17) is 16.3 Å². The second-order valence-electron chi connectivity index (χ2n) is 6.74. The Morgan fingerprint density at radius 1 is 1.03 bits per heavy atom. The first kappa shape index (κ1) is 24.0. The van der Waals surface area contributed by atoms with E-state index in [1.165, 1.54) is 24.4 Å². The average Bonchev–Trinajstić information content (AvgIpc) is 2.83. The fraction of sp³-hybridized carbons (Fsp3) is 0.0833. The normalized spacial score (nSPS) is 11.2. The summed E-state index contributed by atoms with van der Waals surface area (Å²) in [4.78, 5) is 12.6. The number of anilines is 1. The van der Waals surface area contributed by atoms with Crippen molar-refractivity contribution in [2.45, 2.75) is 4.90 Å². The largest absolute Gasteiger partial charge is 0.490 e. The van der Waals surface area contributed by atoms with E-state index < -0.39 is 22.5 Å². The fourth-order valence-corrected chi connectivity index (χ4v) is 4.57. The van der Waals surface area contributed by atoms with Crippen LogP contribution in [0.3, 0.4) is 0 Å². The number of hydrogen-bond donors (Lipinski definition) is 1. The lowest BCUT2D eigenvalue weighted by atomic mass is 10.2. The first-order chi connectivity index (χ1) is 15.9. The van der Waals surface area contributed by atoms with Crippen LogP contribution in [0.4, 0.5) is 5.69 Å². The topological polar surface area (TPSA) is 88.1 Å². The van der Waals surface area contributed by atoms with Gasteiger partial charge in [0.2, 0.25) is 0 Å². The Labute approximate surface area is 198 Å². The number of sulfonamides is 1. The highest BCUT2D eigenvalue weighted by Crippen LogP contribution is 2.30. The fourth-order valence-electron chi connectivity index (χ4n) is 2.82. The molecule has 0 unspecified atom stereocenters. The average molecular weight is 484 g/mol. The number of carbonyl (C=O) groups excluding carboxylic acids is 1. The minimum absolute atomic E-state index is 0.0417. The number of carbonyl (C=O) groups is 1. The van der Waals surface area contributed by atoms with Crippen LogP contribution in [0.2, 0.25) is 5.02 Å². The predicted molar refractivity (Wildman–Crippen MR) is 130 cm³/mol. The summed E-state index contributed by atoms with van der Waals surface area (Å²) in [6.45, 7) is 3.49. The third-order valence-corrected chi connectivity index (χ3v) is 6.48. The molecule has 0 fully saturated rings. The van der Waals surface area contributed by atoms with Crippen molar-refractivity contribution in [3.63, 3.8) is 0 Å². The predicted octanol–water partition coefficient (Wildman–Crippen LogP) is 4.25. The molecule has 1 N–H and O–H groups in total. The standard InChI is InChI=1S/C24H22ClN3O4S/c1-2-16-32-20-14-12-19(13-15-20)17-26-27-24(29)18-28(23-11-7-6-10-22(23)25)33(30,31)21-8-4-3-5-9-21/h2-15,17H,1,16,18H2,(H,27,29)/b26-17-. The molecule has 3 rings (SSSR count). The molecular weight excluding hydrogens is 462 g/mol. The number of amides is 1. The van der Waals surface area contributed by atoms with Gasteiger partial charge in [0, 0.05) is 0 Å². The third kappa shape index (κ3) is 6.44. The van der Waals surface area contributed by atoms with Crippen LogP contribution in [0, 0.1) is 0 Å². The Bertz CT molecular complexity index is 1230. The quantitative estimate of drug-likeness (QED) is 0.265. The summed E-state index contributed by atoms with van der Waals surface area (Å²) in [6, 6.07) is 21.3. The number of benzene rings is 3. The van der Waals surface area contributed by atoms with E-state index in [1.54, 1.807) is 66.7 Å². The zero-order valence-electron chi connectivity index (χ0n) is 17.6. The highest BCUT2D eigenvalue weighted by Gasteiger charge is 2.28. The van der Waals surface area contributed by atoms with Crippen molar-refractivity contribution in [3.05, 3.63) is 102 Å². The maximum absolute atomic E-state index is 13.3. The molecule has 0 radical (unpaired) electrons. The van der Waals surface area contributed by atoms with E-state index in [0.717, 1.165) is 9.87 Å². The zero-order valence-corrected chi connectivity index (χ0v) is 19.2. The van der Waals surface area contributed by atoms with E-state index in [2.05, 4.69) is 17.1 Å². The summed E-state index contributed by atoms with van der Waals surface area (Å²) in [5.74, 6) is 0.0502. The molecule has 0 atom stereocenters. The molecule has 0 spiro atoms. The van der Waals surface area contributed by atoms with E-state index in [9.17, 15) is 13.2 Å².